The lowest BCUT2D eigenvalue weighted by Gasteiger charge is -2.18. The minimum atomic E-state index is -3.57. The zero-order valence-corrected chi connectivity index (χ0v) is 20.0. The molecule has 0 unspecified atom stereocenters. The average Bonchev–Trinajstić information content (AvgIpc) is 2.87. The summed E-state index contributed by atoms with van der Waals surface area (Å²) >= 11 is 0. The fraction of sp³-hybridized carbons (Fsp3) is 0.214. The third kappa shape index (κ3) is 8.54. The van der Waals surface area contributed by atoms with Gasteiger partial charge in [0.1, 0.15) is 18.1 Å². The molecule has 0 spiro atoms. The number of nitrogen functional groups attached to an aromatic ring is 2. The first kappa shape index (κ1) is 27.0. The molecule has 7 nitrogen and oxygen atoms in total. The summed E-state index contributed by atoms with van der Waals surface area (Å²) in [7, 11) is 0. The van der Waals surface area contributed by atoms with Crippen LogP contribution in [0.4, 0.5) is 20.2 Å². The van der Waals surface area contributed by atoms with Crippen LogP contribution in [0.5, 0.6) is 11.5 Å². The Balaban J connectivity index is 1.45. The van der Waals surface area contributed by atoms with Gasteiger partial charge in [0.15, 0.2) is 0 Å². The number of nitriles is 1. The van der Waals surface area contributed by atoms with Gasteiger partial charge < -0.3 is 25.7 Å². The van der Waals surface area contributed by atoms with Crippen LogP contribution in [0.15, 0.2) is 72.8 Å². The van der Waals surface area contributed by atoms with E-state index in [-0.39, 0.29) is 30.9 Å². The van der Waals surface area contributed by atoms with Gasteiger partial charge in [0.05, 0.1) is 24.7 Å². The third-order valence-corrected chi connectivity index (χ3v) is 5.22. The SMILES string of the molecule is N#CCCOc1ccc(C(F)(F)Oc2ccc(/C=C/C(=O)OCCCc3ccc(N)cc3N)cc2)cc1. The van der Waals surface area contributed by atoms with Gasteiger partial charge in [-0.2, -0.15) is 14.0 Å². The Kier molecular flexibility index (Phi) is 9.44. The number of ether oxygens (including phenoxy) is 3. The molecule has 3 aromatic rings. The van der Waals surface area contributed by atoms with Gasteiger partial charge in [0.2, 0.25) is 0 Å². The molecule has 0 saturated carbocycles. The van der Waals surface area contributed by atoms with E-state index in [0.717, 1.165) is 5.56 Å². The van der Waals surface area contributed by atoms with Crippen LogP contribution in [0.25, 0.3) is 6.08 Å². The predicted molar refractivity (Wildman–Crippen MR) is 137 cm³/mol. The predicted octanol–water partition coefficient (Wildman–Crippen LogP) is 5.46. The summed E-state index contributed by atoms with van der Waals surface area (Å²) in [5, 5.41) is 8.52. The van der Waals surface area contributed by atoms with Gasteiger partial charge in [0, 0.05) is 17.5 Å². The molecule has 0 saturated heterocycles. The Bertz CT molecular complexity index is 1250. The number of anilines is 2. The van der Waals surface area contributed by atoms with E-state index in [1.54, 1.807) is 24.3 Å². The normalized spacial score (nSPS) is 11.2. The van der Waals surface area contributed by atoms with Crippen LogP contribution in [-0.2, 0) is 22.1 Å². The largest absolute Gasteiger partial charge is 0.493 e. The monoisotopic (exact) mass is 507 g/mol. The minimum absolute atomic E-state index is 0.0407. The molecule has 37 heavy (non-hydrogen) atoms. The second-order valence-corrected chi connectivity index (χ2v) is 8.03. The van der Waals surface area contributed by atoms with E-state index in [4.69, 9.17) is 30.9 Å². The Labute approximate surface area is 213 Å². The summed E-state index contributed by atoms with van der Waals surface area (Å²) < 4.78 is 44.4. The maximum absolute atomic E-state index is 14.5. The Morgan fingerprint density at radius 2 is 1.68 bits per heavy atom. The lowest BCUT2D eigenvalue weighted by atomic mass is 10.1. The molecule has 9 heteroatoms. The van der Waals surface area contributed by atoms with Crippen molar-refractivity contribution in [3.8, 4) is 17.6 Å². The lowest BCUT2D eigenvalue weighted by Crippen LogP contribution is -2.21. The summed E-state index contributed by atoms with van der Waals surface area (Å²) in [6, 6.07) is 18.3. The molecule has 192 valence electrons. The van der Waals surface area contributed by atoms with E-state index < -0.39 is 12.1 Å². The van der Waals surface area contributed by atoms with Crippen molar-refractivity contribution in [2.24, 2.45) is 0 Å². The van der Waals surface area contributed by atoms with Crippen LogP contribution in [0.3, 0.4) is 0 Å². The number of hydrogen-bond acceptors (Lipinski definition) is 7. The fourth-order valence-electron chi connectivity index (χ4n) is 3.30. The first-order valence-corrected chi connectivity index (χ1v) is 11.5. The topological polar surface area (TPSA) is 121 Å². The van der Waals surface area contributed by atoms with Gasteiger partial charge in [-0.25, -0.2) is 4.79 Å². The summed E-state index contributed by atoms with van der Waals surface area (Å²) in [6.45, 7) is 0.406. The van der Waals surface area contributed by atoms with E-state index in [0.29, 0.717) is 35.5 Å². The van der Waals surface area contributed by atoms with Gasteiger partial charge in [-0.1, -0.05) is 18.2 Å². The molecule has 0 aliphatic rings. The quantitative estimate of drug-likeness (QED) is 0.144. The first-order valence-electron chi connectivity index (χ1n) is 11.5. The molecule has 0 aliphatic carbocycles. The zero-order valence-electron chi connectivity index (χ0n) is 20.0. The molecular weight excluding hydrogens is 480 g/mol. The van der Waals surface area contributed by atoms with E-state index in [2.05, 4.69) is 0 Å². The number of hydrogen-bond donors (Lipinski definition) is 2. The third-order valence-electron chi connectivity index (χ3n) is 5.22. The number of nitrogens with zero attached hydrogens (tertiary/aromatic N) is 1. The molecule has 0 aliphatic heterocycles. The minimum Gasteiger partial charge on any atom is -0.493 e. The van der Waals surface area contributed by atoms with Crippen molar-refractivity contribution < 1.29 is 27.8 Å². The molecule has 0 bridgehead atoms. The highest BCUT2D eigenvalue weighted by atomic mass is 19.3. The molecule has 0 fully saturated rings. The molecular formula is C28H27F2N3O4. The fourth-order valence-corrected chi connectivity index (χ4v) is 3.30. The maximum atomic E-state index is 14.5. The molecule has 4 N–H and O–H groups in total. The van der Waals surface area contributed by atoms with Gasteiger partial charge >= 0.3 is 12.1 Å². The molecule has 3 aromatic carbocycles. The van der Waals surface area contributed by atoms with Gasteiger partial charge in [-0.05, 0) is 78.6 Å². The number of benzene rings is 3. The maximum Gasteiger partial charge on any atom is 0.426 e. The second kappa shape index (κ2) is 12.9. The smallest absolute Gasteiger partial charge is 0.426 e. The highest BCUT2D eigenvalue weighted by molar-refractivity contribution is 5.87. The molecule has 0 radical (unpaired) electrons. The van der Waals surface area contributed by atoms with E-state index in [9.17, 15) is 13.6 Å². The van der Waals surface area contributed by atoms with E-state index in [1.807, 2.05) is 12.1 Å². The molecule has 0 heterocycles. The number of nitrogens with two attached hydrogens (primary N) is 2. The number of aryl methyl sites for hydroxylation is 1. The van der Waals surface area contributed by atoms with Crippen molar-refractivity contribution in [3.63, 3.8) is 0 Å². The highest BCUT2D eigenvalue weighted by Crippen LogP contribution is 2.32. The second-order valence-electron chi connectivity index (χ2n) is 8.03. The highest BCUT2D eigenvalue weighted by Gasteiger charge is 2.34. The number of halogens is 2. The Hall–Kier alpha value is -4.58. The summed E-state index contributed by atoms with van der Waals surface area (Å²) in [5.74, 6) is -0.172. The summed E-state index contributed by atoms with van der Waals surface area (Å²) in [4.78, 5) is 12.0. The van der Waals surface area contributed by atoms with Gasteiger partial charge in [0.25, 0.3) is 0 Å². The standard InChI is InChI=1S/C28H27F2N3O4/c29-28(30,22-8-13-24(14-9-22)35-18-2-16-31)37-25-11-4-20(5-12-25)6-15-27(34)36-17-1-3-21-7-10-23(32)19-26(21)33/h4-15,19H,1-3,17-18,32-33H2/b15-6+. The Morgan fingerprint density at radius 3 is 2.35 bits per heavy atom. The van der Waals surface area contributed by atoms with Crippen LogP contribution in [0.1, 0.15) is 29.5 Å². The molecule has 3 rings (SSSR count). The number of rotatable bonds is 12. The van der Waals surface area contributed by atoms with Gasteiger partial charge in [-0.15, -0.1) is 0 Å². The van der Waals surface area contributed by atoms with Crippen LogP contribution in [0.2, 0.25) is 0 Å². The van der Waals surface area contributed by atoms with Crippen molar-refractivity contribution in [2.45, 2.75) is 25.4 Å². The number of esters is 1. The van der Waals surface area contributed by atoms with Crippen LogP contribution >= 0.6 is 0 Å². The molecule has 0 amide bonds. The molecule has 0 aromatic heterocycles. The van der Waals surface area contributed by atoms with E-state index in [1.165, 1.54) is 48.6 Å². The van der Waals surface area contributed by atoms with Crippen molar-refractivity contribution in [1.29, 1.82) is 5.26 Å². The lowest BCUT2D eigenvalue weighted by molar-refractivity contribution is -0.185. The van der Waals surface area contributed by atoms with Crippen LogP contribution in [-0.4, -0.2) is 19.2 Å². The molecule has 0 atom stereocenters. The van der Waals surface area contributed by atoms with Crippen LogP contribution < -0.4 is 20.9 Å². The van der Waals surface area contributed by atoms with Gasteiger partial charge in [-0.3, -0.25) is 0 Å². The van der Waals surface area contributed by atoms with Crippen molar-refractivity contribution in [2.75, 3.05) is 24.7 Å². The van der Waals surface area contributed by atoms with Crippen molar-refractivity contribution >= 4 is 23.4 Å². The number of alkyl halides is 2. The van der Waals surface area contributed by atoms with Crippen molar-refractivity contribution in [1.82, 2.24) is 0 Å². The van der Waals surface area contributed by atoms with Crippen LogP contribution in [0, 0.1) is 11.3 Å². The van der Waals surface area contributed by atoms with Crippen molar-refractivity contribution in [3.05, 3.63) is 89.5 Å². The number of carbonyl (C=O) groups excluding carboxylic acids is 1. The summed E-state index contributed by atoms with van der Waals surface area (Å²) in [5.41, 5.74) is 14.0. The zero-order chi connectivity index (χ0) is 26.7. The average molecular weight is 508 g/mol. The van der Waals surface area contributed by atoms with E-state index >= 15 is 0 Å². The first-order chi connectivity index (χ1) is 17.8. The number of carbonyl (C=O) groups is 1. The summed E-state index contributed by atoms with van der Waals surface area (Å²) in [6.07, 6.45) is 0.675. The Morgan fingerprint density at radius 1 is 0.973 bits per heavy atom.